The van der Waals surface area contributed by atoms with E-state index >= 15 is 0 Å². The maximum absolute atomic E-state index is 11.9. The van der Waals surface area contributed by atoms with E-state index in [0.29, 0.717) is 23.5 Å². The zero-order valence-electron chi connectivity index (χ0n) is 9.44. The number of carbonyl (C=O) groups excluding carboxylic acids is 1. The lowest BCUT2D eigenvalue weighted by molar-refractivity contribution is 0.0951. The lowest BCUT2D eigenvalue weighted by Gasteiger charge is -2.05. The molecule has 0 spiro atoms. The number of nitrogen functional groups attached to an aromatic ring is 2. The van der Waals surface area contributed by atoms with Crippen LogP contribution in [0.15, 0.2) is 34.1 Å². The van der Waals surface area contributed by atoms with Crippen LogP contribution in [0.3, 0.4) is 0 Å². The molecule has 5 N–H and O–H groups in total. The second kappa shape index (κ2) is 5.41. The lowest BCUT2D eigenvalue weighted by atomic mass is 10.1. The Kier molecular flexibility index (Phi) is 3.88. The number of halogens is 1. The molecule has 0 unspecified atom stereocenters. The highest BCUT2D eigenvalue weighted by atomic mass is 79.9. The van der Waals surface area contributed by atoms with Crippen LogP contribution in [0.1, 0.15) is 15.2 Å². The number of nitrogens with two attached hydrogens (primary N) is 2. The number of carbonyl (C=O) groups is 1. The summed E-state index contributed by atoms with van der Waals surface area (Å²) in [7, 11) is 0. The number of anilines is 2. The summed E-state index contributed by atoms with van der Waals surface area (Å²) in [6.45, 7) is 0.490. The van der Waals surface area contributed by atoms with E-state index in [2.05, 4.69) is 21.2 Å². The maximum atomic E-state index is 11.9. The molecule has 0 bridgehead atoms. The van der Waals surface area contributed by atoms with Crippen LogP contribution in [0.4, 0.5) is 11.4 Å². The van der Waals surface area contributed by atoms with E-state index in [4.69, 9.17) is 11.5 Å². The summed E-state index contributed by atoms with van der Waals surface area (Å²) in [5.74, 6) is -0.182. The van der Waals surface area contributed by atoms with E-state index in [-0.39, 0.29) is 5.91 Å². The molecule has 6 heteroatoms. The first-order chi connectivity index (χ1) is 8.54. The fraction of sp³-hybridized carbons (Fsp3) is 0.0833. The molecule has 0 saturated heterocycles. The van der Waals surface area contributed by atoms with Crippen molar-refractivity contribution >= 4 is 44.5 Å². The van der Waals surface area contributed by atoms with Gasteiger partial charge < -0.3 is 16.8 Å². The first kappa shape index (κ1) is 12.9. The maximum Gasteiger partial charge on any atom is 0.251 e. The number of rotatable bonds is 3. The van der Waals surface area contributed by atoms with Crippen LogP contribution in [-0.2, 0) is 6.54 Å². The second-order valence-corrected chi connectivity index (χ2v) is 6.32. The van der Waals surface area contributed by atoms with Crippen LogP contribution in [0.25, 0.3) is 0 Å². The van der Waals surface area contributed by atoms with Gasteiger partial charge in [-0.2, -0.15) is 0 Å². The summed E-state index contributed by atoms with van der Waals surface area (Å²) in [6, 6.07) is 8.74. The largest absolute Gasteiger partial charge is 0.399 e. The number of thiophene rings is 1. The average Bonchev–Trinajstić information content (AvgIpc) is 2.70. The van der Waals surface area contributed by atoms with Crippen molar-refractivity contribution < 1.29 is 4.79 Å². The zero-order chi connectivity index (χ0) is 13.1. The molecule has 2 aromatic rings. The summed E-state index contributed by atoms with van der Waals surface area (Å²) in [6.07, 6.45) is 0. The van der Waals surface area contributed by atoms with E-state index in [1.807, 2.05) is 12.1 Å². The normalized spacial score (nSPS) is 10.3. The zero-order valence-corrected chi connectivity index (χ0v) is 11.8. The minimum absolute atomic E-state index is 0.182. The van der Waals surface area contributed by atoms with Crippen LogP contribution in [0.5, 0.6) is 0 Å². The molecule has 0 radical (unpaired) electrons. The Labute approximate surface area is 117 Å². The number of hydrogen-bond donors (Lipinski definition) is 3. The van der Waals surface area contributed by atoms with Gasteiger partial charge in [-0.25, -0.2) is 0 Å². The quantitative estimate of drug-likeness (QED) is 0.759. The van der Waals surface area contributed by atoms with Gasteiger partial charge in [-0.1, -0.05) is 0 Å². The molecular weight excluding hydrogens is 314 g/mol. The third-order valence-electron chi connectivity index (χ3n) is 2.29. The predicted molar refractivity (Wildman–Crippen MR) is 78.5 cm³/mol. The molecule has 0 fully saturated rings. The van der Waals surface area contributed by atoms with Gasteiger partial charge in [0.05, 0.1) is 10.3 Å². The van der Waals surface area contributed by atoms with Crippen molar-refractivity contribution in [2.75, 3.05) is 11.5 Å². The van der Waals surface area contributed by atoms with Gasteiger partial charge in [0.2, 0.25) is 0 Å². The van der Waals surface area contributed by atoms with Crippen molar-refractivity contribution in [3.05, 3.63) is 44.6 Å². The summed E-state index contributed by atoms with van der Waals surface area (Å²) in [4.78, 5) is 13.0. The molecule has 1 amide bonds. The van der Waals surface area contributed by atoms with Crippen molar-refractivity contribution in [3.8, 4) is 0 Å². The predicted octanol–water partition coefficient (Wildman–Crippen LogP) is 2.61. The molecule has 0 aliphatic rings. The summed E-state index contributed by atoms with van der Waals surface area (Å²) in [5.41, 5.74) is 12.7. The Bertz CT molecular complexity index is 562. The Morgan fingerprint density at radius 3 is 2.44 bits per heavy atom. The molecule has 0 saturated carbocycles. The molecule has 1 aromatic heterocycles. The number of benzene rings is 1. The van der Waals surface area contributed by atoms with E-state index in [1.54, 1.807) is 29.5 Å². The molecule has 2 rings (SSSR count). The van der Waals surface area contributed by atoms with Gasteiger partial charge in [-0.05, 0) is 46.3 Å². The summed E-state index contributed by atoms with van der Waals surface area (Å²) >= 11 is 4.96. The van der Waals surface area contributed by atoms with Crippen molar-refractivity contribution in [1.82, 2.24) is 5.32 Å². The van der Waals surface area contributed by atoms with Gasteiger partial charge in [0.25, 0.3) is 5.91 Å². The fourth-order valence-electron chi connectivity index (χ4n) is 1.52. The SMILES string of the molecule is Nc1cc(N)cc(C(=O)NCc2ccc(Br)s2)c1. The second-order valence-electron chi connectivity index (χ2n) is 3.78. The molecule has 0 atom stereocenters. The van der Waals surface area contributed by atoms with Gasteiger partial charge in [0.15, 0.2) is 0 Å². The topological polar surface area (TPSA) is 81.1 Å². The standard InChI is InChI=1S/C12H12BrN3OS/c13-11-2-1-10(18-11)6-16-12(17)7-3-8(14)5-9(15)4-7/h1-5H,6,14-15H2,(H,16,17). The Balaban J connectivity index is 2.03. The smallest absolute Gasteiger partial charge is 0.251 e. The Morgan fingerprint density at radius 2 is 1.89 bits per heavy atom. The minimum atomic E-state index is -0.182. The van der Waals surface area contributed by atoms with E-state index in [0.717, 1.165) is 8.66 Å². The van der Waals surface area contributed by atoms with Crippen LogP contribution >= 0.6 is 27.3 Å². The van der Waals surface area contributed by atoms with Gasteiger partial charge in [-0.15, -0.1) is 11.3 Å². The van der Waals surface area contributed by atoms with E-state index in [9.17, 15) is 4.79 Å². The Morgan fingerprint density at radius 1 is 1.22 bits per heavy atom. The van der Waals surface area contributed by atoms with Crippen LogP contribution in [-0.4, -0.2) is 5.91 Å². The van der Waals surface area contributed by atoms with Crippen molar-refractivity contribution in [2.45, 2.75) is 6.54 Å². The van der Waals surface area contributed by atoms with Crippen LogP contribution < -0.4 is 16.8 Å². The van der Waals surface area contributed by atoms with Gasteiger partial charge in [0, 0.05) is 21.8 Å². The Hall–Kier alpha value is -1.53. The number of nitrogens with one attached hydrogen (secondary N) is 1. The van der Waals surface area contributed by atoms with Crippen molar-refractivity contribution in [3.63, 3.8) is 0 Å². The number of hydrogen-bond acceptors (Lipinski definition) is 4. The van der Waals surface area contributed by atoms with E-state index in [1.165, 1.54) is 0 Å². The average molecular weight is 326 g/mol. The first-order valence-corrected chi connectivity index (χ1v) is 6.84. The van der Waals surface area contributed by atoms with E-state index < -0.39 is 0 Å². The molecule has 0 aliphatic heterocycles. The summed E-state index contributed by atoms with van der Waals surface area (Å²) < 4.78 is 1.04. The molecule has 0 aliphatic carbocycles. The summed E-state index contributed by atoms with van der Waals surface area (Å²) in [5, 5.41) is 2.82. The molecule has 18 heavy (non-hydrogen) atoms. The van der Waals surface area contributed by atoms with Crippen LogP contribution in [0.2, 0.25) is 0 Å². The van der Waals surface area contributed by atoms with Gasteiger partial charge >= 0.3 is 0 Å². The molecule has 94 valence electrons. The first-order valence-electron chi connectivity index (χ1n) is 5.23. The fourth-order valence-corrected chi connectivity index (χ4v) is 2.95. The monoisotopic (exact) mass is 325 g/mol. The lowest BCUT2D eigenvalue weighted by Crippen LogP contribution is -2.22. The molecule has 4 nitrogen and oxygen atoms in total. The molecule has 1 heterocycles. The highest BCUT2D eigenvalue weighted by Crippen LogP contribution is 2.22. The number of amides is 1. The third-order valence-corrected chi connectivity index (χ3v) is 3.92. The van der Waals surface area contributed by atoms with Crippen LogP contribution in [0, 0.1) is 0 Å². The molecule has 1 aromatic carbocycles. The highest BCUT2D eigenvalue weighted by Gasteiger charge is 2.07. The van der Waals surface area contributed by atoms with Gasteiger partial charge in [-0.3, -0.25) is 4.79 Å². The van der Waals surface area contributed by atoms with Crippen molar-refractivity contribution in [1.29, 1.82) is 0 Å². The van der Waals surface area contributed by atoms with Gasteiger partial charge in [0.1, 0.15) is 0 Å². The minimum Gasteiger partial charge on any atom is -0.399 e. The van der Waals surface area contributed by atoms with Crippen molar-refractivity contribution in [2.24, 2.45) is 0 Å². The highest BCUT2D eigenvalue weighted by molar-refractivity contribution is 9.11. The third kappa shape index (κ3) is 3.24. The molecular formula is C12H12BrN3OS.